The van der Waals surface area contributed by atoms with Gasteiger partial charge in [-0.1, -0.05) is 36.8 Å². The number of hydrogen-bond acceptors (Lipinski definition) is 5. The van der Waals surface area contributed by atoms with Crippen molar-refractivity contribution in [3.05, 3.63) is 46.5 Å². The van der Waals surface area contributed by atoms with Crippen molar-refractivity contribution >= 4 is 23.4 Å². The third-order valence-corrected chi connectivity index (χ3v) is 4.17. The minimum Gasteiger partial charge on any atom is -0.507 e. The van der Waals surface area contributed by atoms with E-state index in [9.17, 15) is 19.8 Å². The summed E-state index contributed by atoms with van der Waals surface area (Å²) in [6.45, 7) is 2.22. The van der Waals surface area contributed by atoms with Gasteiger partial charge in [-0.25, -0.2) is 4.79 Å². The van der Waals surface area contributed by atoms with Gasteiger partial charge in [-0.05, 0) is 24.8 Å². The van der Waals surface area contributed by atoms with Crippen LogP contribution in [0.1, 0.15) is 35.7 Å². The van der Waals surface area contributed by atoms with Gasteiger partial charge in [0.2, 0.25) is 0 Å². The van der Waals surface area contributed by atoms with Gasteiger partial charge in [-0.15, -0.1) is 0 Å². The predicted molar refractivity (Wildman–Crippen MR) is 90.5 cm³/mol. The zero-order valence-corrected chi connectivity index (χ0v) is 14.0. The summed E-state index contributed by atoms with van der Waals surface area (Å²) in [5, 5.41) is 19.6. The maximum absolute atomic E-state index is 12.3. The van der Waals surface area contributed by atoms with Crippen molar-refractivity contribution in [3.63, 3.8) is 0 Å². The van der Waals surface area contributed by atoms with Crippen LogP contribution in [-0.2, 0) is 16.0 Å². The second-order valence-electron chi connectivity index (χ2n) is 5.72. The molecule has 1 heterocycles. The van der Waals surface area contributed by atoms with Crippen molar-refractivity contribution in [3.8, 4) is 11.5 Å². The highest BCUT2D eigenvalue weighted by atomic mass is 35.5. The van der Waals surface area contributed by atoms with Crippen LogP contribution in [0.4, 0.5) is 0 Å². The monoisotopic (exact) mass is 350 g/mol. The molecule has 24 heavy (non-hydrogen) atoms. The summed E-state index contributed by atoms with van der Waals surface area (Å²) in [5.74, 6) is -1.65. The van der Waals surface area contributed by atoms with Gasteiger partial charge >= 0.3 is 5.97 Å². The van der Waals surface area contributed by atoms with Crippen molar-refractivity contribution in [2.24, 2.45) is 5.92 Å². The van der Waals surface area contributed by atoms with E-state index in [2.05, 4.69) is 0 Å². The summed E-state index contributed by atoms with van der Waals surface area (Å²) in [5.41, 5.74) is -0.122. The molecule has 0 aliphatic carbocycles. The van der Waals surface area contributed by atoms with E-state index in [0.29, 0.717) is 12.3 Å². The van der Waals surface area contributed by atoms with Crippen LogP contribution in [0.15, 0.2) is 30.4 Å². The number of fused-ring (bicyclic) bond motifs is 1. The van der Waals surface area contributed by atoms with E-state index >= 15 is 0 Å². The summed E-state index contributed by atoms with van der Waals surface area (Å²) in [6.07, 6.45) is 8.01. The first kappa shape index (κ1) is 18.1. The van der Waals surface area contributed by atoms with E-state index in [1.54, 1.807) is 12.2 Å². The third-order valence-electron chi connectivity index (χ3n) is 3.75. The highest BCUT2D eigenvalue weighted by Gasteiger charge is 2.24. The quantitative estimate of drug-likeness (QED) is 0.699. The van der Waals surface area contributed by atoms with Crippen molar-refractivity contribution in [1.82, 2.24) is 0 Å². The number of carbonyl (C=O) groups excluding carboxylic acids is 2. The first-order valence-electron chi connectivity index (χ1n) is 7.68. The Bertz CT molecular complexity index is 706. The number of benzene rings is 1. The first-order valence-corrected chi connectivity index (χ1v) is 8.06. The van der Waals surface area contributed by atoms with Crippen LogP contribution in [0.5, 0.6) is 11.5 Å². The molecule has 0 fully saturated rings. The van der Waals surface area contributed by atoms with E-state index < -0.39 is 17.5 Å². The van der Waals surface area contributed by atoms with Gasteiger partial charge in [0.15, 0.2) is 5.78 Å². The molecule has 0 aromatic heterocycles. The predicted octanol–water partition coefficient (Wildman–Crippen LogP) is 3.56. The number of aromatic hydroxyl groups is 2. The van der Waals surface area contributed by atoms with Gasteiger partial charge in [0.25, 0.3) is 0 Å². The lowest BCUT2D eigenvalue weighted by Crippen LogP contribution is -2.13. The molecule has 0 bridgehead atoms. The Morgan fingerprint density at radius 3 is 2.71 bits per heavy atom. The van der Waals surface area contributed by atoms with Crippen LogP contribution in [-0.4, -0.2) is 28.6 Å². The molecule has 0 saturated heterocycles. The average molecular weight is 351 g/mol. The molecule has 128 valence electrons. The van der Waals surface area contributed by atoms with Crippen LogP contribution in [0.2, 0.25) is 5.02 Å². The maximum Gasteiger partial charge on any atom is 0.342 e. The SMILES string of the molecule is CC1/C=C\C=C\C(=O)Cc2c(Cl)c(O)cc(O)c2C(=O)OCCC1. The van der Waals surface area contributed by atoms with E-state index in [1.165, 1.54) is 6.08 Å². The van der Waals surface area contributed by atoms with Crippen LogP contribution < -0.4 is 0 Å². The minimum atomic E-state index is -0.763. The maximum atomic E-state index is 12.3. The number of hydrogen-bond donors (Lipinski definition) is 2. The molecule has 1 atom stereocenters. The number of phenolic OH excluding ortho intramolecular Hbond substituents is 2. The molecule has 1 aliphatic rings. The Labute approximate surface area is 145 Å². The second kappa shape index (κ2) is 8.02. The molecule has 1 unspecified atom stereocenters. The lowest BCUT2D eigenvalue weighted by atomic mass is 9.99. The highest BCUT2D eigenvalue weighted by Crippen LogP contribution is 2.37. The Kier molecular flexibility index (Phi) is 6.04. The van der Waals surface area contributed by atoms with Crippen molar-refractivity contribution in [2.45, 2.75) is 26.2 Å². The fourth-order valence-electron chi connectivity index (χ4n) is 2.47. The molecule has 0 radical (unpaired) electrons. The number of carbonyl (C=O) groups is 2. The molecule has 1 aromatic rings. The zero-order valence-electron chi connectivity index (χ0n) is 13.3. The molecule has 2 N–H and O–H groups in total. The number of rotatable bonds is 0. The normalized spacial score (nSPS) is 22.2. The van der Waals surface area contributed by atoms with Gasteiger partial charge in [-0.2, -0.15) is 0 Å². The largest absolute Gasteiger partial charge is 0.507 e. The topological polar surface area (TPSA) is 83.8 Å². The number of allylic oxidation sites excluding steroid dienone is 4. The van der Waals surface area contributed by atoms with Crippen LogP contribution in [0, 0.1) is 5.92 Å². The first-order chi connectivity index (χ1) is 11.4. The Balaban J connectivity index is 2.45. The zero-order chi connectivity index (χ0) is 17.7. The number of cyclic esters (lactones) is 1. The average Bonchev–Trinajstić information content (AvgIpc) is 2.52. The van der Waals surface area contributed by atoms with Gasteiger partial charge in [0.05, 0.1) is 11.6 Å². The summed E-state index contributed by atoms with van der Waals surface area (Å²) < 4.78 is 5.18. The Hall–Kier alpha value is -2.27. The van der Waals surface area contributed by atoms with Gasteiger partial charge in [0.1, 0.15) is 17.1 Å². The minimum absolute atomic E-state index is 0.0585. The third kappa shape index (κ3) is 4.38. The number of halogens is 1. The van der Waals surface area contributed by atoms with Crippen LogP contribution in [0.3, 0.4) is 0 Å². The molecule has 0 spiro atoms. The number of ether oxygens (including phenoxy) is 1. The van der Waals surface area contributed by atoms with Crippen LogP contribution >= 0.6 is 11.6 Å². The van der Waals surface area contributed by atoms with E-state index in [-0.39, 0.29) is 35.0 Å². The molecule has 5 nitrogen and oxygen atoms in total. The Morgan fingerprint density at radius 1 is 1.21 bits per heavy atom. The summed E-state index contributed by atoms with van der Waals surface area (Å²) in [4.78, 5) is 24.4. The molecular formula is C18H19ClO5. The molecular weight excluding hydrogens is 332 g/mol. The smallest absolute Gasteiger partial charge is 0.342 e. The summed E-state index contributed by atoms with van der Waals surface area (Å²) >= 11 is 6.02. The number of phenols is 2. The number of ketones is 1. The fourth-order valence-corrected chi connectivity index (χ4v) is 2.68. The van der Waals surface area contributed by atoms with Gasteiger partial charge in [-0.3, -0.25) is 4.79 Å². The molecule has 2 rings (SSSR count). The van der Waals surface area contributed by atoms with E-state index in [0.717, 1.165) is 12.5 Å². The summed E-state index contributed by atoms with van der Waals surface area (Å²) in [6, 6.07) is 0.969. The molecule has 6 heteroatoms. The van der Waals surface area contributed by atoms with Crippen LogP contribution in [0.25, 0.3) is 0 Å². The Morgan fingerprint density at radius 2 is 1.96 bits per heavy atom. The van der Waals surface area contributed by atoms with Crippen molar-refractivity contribution in [1.29, 1.82) is 0 Å². The molecule has 1 aliphatic heterocycles. The van der Waals surface area contributed by atoms with Crippen molar-refractivity contribution < 1.29 is 24.5 Å². The molecule has 1 aromatic carbocycles. The lowest BCUT2D eigenvalue weighted by molar-refractivity contribution is -0.114. The number of esters is 1. The van der Waals surface area contributed by atoms with Crippen molar-refractivity contribution in [2.75, 3.05) is 6.61 Å². The highest BCUT2D eigenvalue weighted by molar-refractivity contribution is 6.33. The molecule has 0 saturated carbocycles. The van der Waals surface area contributed by atoms with E-state index in [4.69, 9.17) is 16.3 Å². The fraction of sp³-hybridized carbons (Fsp3) is 0.333. The molecule has 0 amide bonds. The summed E-state index contributed by atoms with van der Waals surface area (Å²) in [7, 11) is 0. The van der Waals surface area contributed by atoms with E-state index in [1.807, 2.05) is 13.0 Å². The van der Waals surface area contributed by atoms with Gasteiger partial charge < -0.3 is 14.9 Å². The second-order valence-corrected chi connectivity index (χ2v) is 6.10. The van der Waals surface area contributed by atoms with Gasteiger partial charge in [0, 0.05) is 18.1 Å². The lowest BCUT2D eigenvalue weighted by Gasteiger charge is -2.14. The standard InChI is InChI=1S/C18H19ClO5/c1-11-5-2-3-7-12(20)9-13-16(18(23)24-8-4-6-11)14(21)10-15(22)17(13)19/h2-3,5,7,10-11,21-22H,4,6,8-9H2,1H3/b5-2-,7-3+.